The number of methoxy groups -OCH3 is 1. The van der Waals surface area contributed by atoms with Crippen molar-refractivity contribution >= 4 is 11.7 Å². The third kappa shape index (κ3) is 7.67. The Bertz CT molecular complexity index is 1180. The largest absolute Gasteiger partial charge is 0.497 e. The second-order valence-electron chi connectivity index (χ2n) is 8.32. The number of rotatable bonds is 12. The Labute approximate surface area is 208 Å². The van der Waals surface area contributed by atoms with Crippen molar-refractivity contribution in [2.45, 2.75) is 25.1 Å². The normalized spacial score (nSPS) is 12.6. The van der Waals surface area contributed by atoms with Gasteiger partial charge in [0.05, 0.1) is 25.8 Å². The first-order valence-electron chi connectivity index (χ1n) is 11.4. The van der Waals surface area contributed by atoms with Crippen molar-refractivity contribution in [1.82, 2.24) is 10.6 Å². The minimum atomic E-state index is -1.10. The summed E-state index contributed by atoms with van der Waals surface area (Å²) in [7, 11) is 1.57. The average molecular weight is 498 g/mol. The van der Waals surface area contributed by atoms with Gasteiger partial charge in [-0.3, -0.25) is 9.59 Å². The van der Waals surface area contributed by atoms with E-state index in [9.17, 15) is 23.5 Å². The van der Waals surface area contributed by atoms with E-state index in [2.05, 4.69) is 10.6 Å². The quantitative estimate of drug-likeness (QED) is 0.286. The van der Waals surface area contributed by atoms with Crippen LogP contribution in [0.15, 0.2) is 66.7 Å². The van der Waals surface area contributed by atoms with Crippen LogP contribution in [-0.4, -0.2) is 49.1 Å². The van der Waals surface area contributed by atoms with Gasteiger partial charge in [-0.15, -0.1) is 0 Å². The molecule has 1 amide bonds. The van der Waals surface area contributed by atoms with Crippen LogP contribution in [0.1, 0.15) is 31.8 Å². The number of carbonyl (C=O) groups excluding carboxylic acids is 2. The second-order valence-corrected chi connectivity index (χ2v) is 8.32. The summed E-state index contributed by atoms with van der Waals surface area (Å²) in [4.78, 5) is 24.9. The van der Waals surface area contributed by atoms with Gasteiger partial charge in [0.15, 0.2) is 5.78 Å². The van der Waals surface area contributed by atoms with Crippen molar-refractivity contribution in [1.29, 1.82) is 0 Å². The van der Waals surface area contributed by atoms with E-state index in [0.29, 0.717) is 12.3 Å². The molecule has 0 bridgehead atoms. The molecular formula is C27H29F2N3O4. The highest BCUT2D eigenvalue weighted by Crippen LogP contribution is 2.15. The Morgan fingerprint density at radius 3 is 2.36 bits per heavy atom. The number of amides is 1. The van der Waals surface area contributed by atoms with Crippen LogP contribution < -0.4 is 21.1 Å². The number of aliphatic hydroxyl groups is 1. The predicted molar refractivity (Wildman–Crippen MR) is 132 cm³/mol. The zero-order valence-electron chi connectivity index (χ0n) is 19.8. The molecule has 3 aromatic rings. The van der Waals surface area contributed by atoms with Crippen LogP contribution >= 0.6 is 0 Å². The van der Waals surface area contributed by atoms with Crippen LogP contribution in [0.2, 0.25) is 0 Å². The summed E-state index contributed by atoms with van der Waals surface area (Å²) in [6.45, 7) is 0.314. The third-order valence-corrected chi connectivity index (χ3v) is 5.61. The summed E-state index contributed by atoms with van der Waals surface area (Å²) in [5.74, 6) is -1.68. The van der Waals surface area contributed by atoms with Gasteiger partial charge < -0.3 is 26.2 Å². The molecule has 0 radical (unpaired) electrons. The summed E-state index contributed by atoms with van der Waals surface area (Å²) in [6, 6.07) is 15.6. The lowest BCUT2D eigenvalue weighted by atomic mass is 9.99. The minimum absolute atomic E-state index is 0.0240. The lowest BCUT2D eigenvalue weighted by molar-refractivity contribution is 0.0830. The van der Waals surface area contributed by atoms with Crippen LogP contribution in [0.4, 0.5) is 8.78 Å². The summed E-state index contributed by atoms with van der Waals surface area (Å²) in [5.41, 5.74) is 7.09. The molecule has 0 saturated carbocycles. The maximum atomic E-state index is 13.8. The summed E-state index contributed by atoms with van der Waals surface area (Å²) < 4.78 is 32.7. The van der Waals surface area contributed by atoms with Gasteiger partial charge in [-0.25, -0.2) is 8.78 Å². The molecule has 0 spiro atoms. The molecule has 0 aliphatic rings. The van der Waals surface area contributed by atoms with Crippen molar-refractivity contribution in [3.63, 3.8) is 0 Å². The van der Waals surface area contributed by atoms with Gasteiger partial charge in [-0.05, 0) is 53.9 Å². The highest BCUT2D eigenvalue weighted by molar-refractivity contribution is 6.01. The molecule has 7 nitrogen and oxygen atoms in total. The highest BCUT2D eigenvalue weighted by atomic mass is 19.1. The van der Waals surface area contributed by atoms with E-state index in [1.165, 1.54) is 12.1 Å². The fourth-order valence-electron chi connectivity index (χ4n) is 3.76. The van der Waals surface area contributed by atoms with Crippen LogP contribution in [0, 0.1) is 11.6 Å². The van der Waals surface area contributed by atoms with Crippen molar-refractivity contribution in [3.05, 3.63) is 101 Å². The second kappa shape index (κ2) is 12.9. The molecule has 0 saturated heterocycles. The number of aliphatic hydroxyl groups excluding tert-OH is 1. The average Bonchev–Trinajstić information content (AvgIpc) is 2.87. The van der Waals surface area contributed by atoms with E-state index in [1.807, 2.05) is 24.3 Å². The number of halogens is 2. The van der Waals surface area contributed by atoms with Gasteiger partial charge in [0, 0.05) is 30.3 Å². The zero-order chi connectivity index (χ0) is 26.1. The van der Waals surface area contributed by atoms with E-state index in [-0.39, 0.29) is 42.0 Å². The van der Waals surface area contributed by atoms with E-state index in [4.69, 9.17) is 10.5 Å². The molecule has 2 atom stereocenters. The SMILES string of the molecule is COc1cccc(CNC[C@H](O)[C@@H](Cc2cc(F)cc(F)c2)NC(=O)c2cccc(C(=O)CN)c2)c1. The van der Waals surface area contributed by atoms with Crippen LogP contribution in [0.3, 0.4) is 0 Å². The number of nitrogens with two attached hydrogens (primary N) is 1. The Morgan fingerprint density at radius 1 is 0.972 bits per heavy atom. The highest BCUT2D eigenvalue weighted by Gasteiger charge is 2.23. The number of hydrogen-bond acceptors (Lipinski definition) is 6. The lowest BCUT2D eigenvalue weighted by Crippen LogP contribution is -2.48. The van der Waals surface area contributed by atoms with Gasteiger partial charge >= 0.3 is 0 Å². The zero-order valence-corrected chi connectivity index (χ0v) is 19.8. The molecule has 0 aliphatic carbocycles. The van der Waals surface area contributed by atoms with E-state index >= 15 is 0 Å². The first-order chi connectivity index (χ1) is 17.3. The van der Waals surface area contributed by atoms with Gasteiger partial charge in [0.25, 0.3) is 5.91 Å². The number of ether oxygens (including phenoxy) is 1. The van der Waals surface area contributed by atoms with Gasteiger partial charge in [0.1, 0.15) is 17.4 Å². The number of ketones is 1. The third-order valence-electron chi connectivity index (χ3n) is 5.61. The van der Waals surface area contributed by atoms with Crippen molar-refractivity contribution in [3.8, 4) is 5.75 Å². The molecule has 5 N–H and O–H groups in total. The van der Waals surface area contributed by atoms with Crippen molar-refractivity contribution in [2.24, 2.45) is 5.73 Å². The minimum Gasteiger partial charge on any atom is -0.497 e. The topological polar surface area (TPSA) is 114 Å². The fraction of sp³-hybridized carbons (Fsp3) is 0.259. The molecule has 0 heterocycles. The van der Waals surface area contributed by atoms with Crippen LogP contribution in [0.25, 0.3) is 0 Å². The molecule has 3 rings (SSSR count). The first-order valence-corrected chi connectivity index (χ1v) is 11.4. The molecule has 3 aromatic carbocycles. The molecule has 0 fully saturated rings. The number of carbonyl (C=O) groups is 2. The molecule has 190 valence electrons. The molecule has 36 heavy (non-hydrogen) atoms. The summed E-state index contributed by atoms with van der Waals surface area (Å²) >= 11 is 0. The summed E-state index contributed by atoms with van der Waals surface area (Å²) in [6.07, 6.45) is -1.12. The van der Waals surface area contributed by atoms with Crippen molar-refractivity contribution < 1.29 is 28.2 Å². The van der Waals surface area contributed by atoms with Gasteiger partial charge in [-0.1, -0.05) is 24.3 Å². The number of Topliss-reactive ketones (excluding diaryl/α,β-unsaturated/α-hetero) is 1. The van der Waals surface area contributed by atoms with Crippen LogP contribution in [-0.2, 0) is 13.0 Å². The van der Waals surface area contributed by atoms with Crippen molar-refractivity contribution in [2.75, 3.05) is 20.2 Å². The first kappa shape index (κ1) is 26.9. The van der Waals surface area contributed by atoms with Crippen LogP contribution in [0.5, 0.6) is 5.75 Å². The fourth-order valence-corrected chi connectivity index (χ4v) is 3.76. The molecular weight excluding hydrogens is 468 g/mol. The molecule has 0 unspecified atom stereocenters. The molecule has 9 heteroatoms. The monoisotopic (exact) mass is 497 g/mol. The van der Waals surface area contributed by atoms with E-state index < -0.39 is 29.7 Å². The lowest BCUT2D eigenvalue weighted by Gasteiger charge is -2.25. The van der Waals surface area contributed by atoms with Gasteiger partial charge in [0.2, 0.25) is 0 Å². The van der Waals surface area contributed by atoms with E-state index in [1.54, 1.807) is 19.2 Å². The van der Waals surface area contributed by atoms with E-state index in [0.717, 1.165) is 23.8 Å². The standard InChI is InChI=1S/C27H29F2N3O4/c1-36-23-7-2-4-17(10-23)15-31-16-26(34)24(11-18-8-21(28)13-22(29)9-18)32-27(35)20-6-3-5-19(12-20)25(33)14-30/h2-10,12-13,24,26,31,34H,11,14-16,30H2,1H3,(H,32,35)/t24-,26+/m1/s1. The van der Waals surface area contributed by atoms with Gasteiger partial charge in [-0.2, -0.15) is 0 Å². The summed E-state index contributed by atoms with van der Waals surface area (Å²) in [5, 5.41) is 16.8. The molecule has 0 aromatic heterocycles. The maximum absolute atomic E-state index is 13.8. The Balaban J connectivity index is 1.74. The number of hydrogen-bond donors (Lipinski definition) is 4. The Morgan fingerprint density at radius 2 is 1.67 bits per heavy atom. The number of benzene rings is 3. The predicted octanol–water partition coefficient (Wildman–Crippen LogP) is 2.61. The Kier molecular flexibility index (Phi) is 9.63. The maximum Gasteiger partial charge on any atom is 0.251 e. The Hall–Kier alpha value is -3.66. The molecule has 0 aliphatic heterocycles. The smallest absolute Gasteiger partial charge is 0.251 e. The number of nitrogens with one attached hydrogen (secondary N) is 2.